The van der Waals surface area contributed by atoms with Crippen LogP contribution < -0.4 is 5.32 Å². The largest absolute Gasteiger partial charge is 0.368 e. The zero-order chi connectivity index (χ0) is 28.7. The summed E-state index contributed by atoms with van der Waals surface area (Å²) in [7, 11) is 0. The maximum Gasteiger partial charge on any atom is 0.368 e. The monoisotopic (exact) mass is 546 g/mol. The molecular weight excluding hydrogens is 528 g/mol. The Labute approximate surface area is 240 Å². The average molecular weight is 547 g/mol. The normalized spacial score (nSPS) is 14.2. The highest BCUT2D eigenvalue weighted by Gasteiger charge is 2.30. The first-order chi connectivity index (χ1) is 20.2. The van der Waals surface area contributed by atoms with Gasteiger partial charge in [-0.1, -0.05) is 76.9 Å². The lowest BCUT2D eigenvalue weighted by Gasteiger charge is -2.12. The number of amides is 1. The van der Waals surface area contributed by atoms with E-state index in [1.165, 1.54) is 11.0 Å². The number of carbonyl (C=O) groups excluding carboxylic acids is 2. The Balaban J connectivity index is 1.42. The van der Waals surface area contributed by atoms with Crippen LogP contribution in [0.4, 0.5) is 5.69 Å². The van der Waals surface area contributed by atoms with Crippen LogP contribution in [-0.4, -0.2) is 17.6 Å². The van der Waals surface area contributed by atoms with Gasteiger partial charge in [0, 0.05) is 10.6 Å². The summed E-state index contributed by atoms with van der Waals surface area (Å²) in [5.74, 6) is -1.26. The SMILES string of the molecule is C=C=C=C=C=C=C=C=C=C=C=Cc1ccc(NC(=O)C2=NOC(=O)\C2=C/C=C/C=C2\C=CSc3ccccc32)cc1. The third-order valence-corrected chi connectivity index (χ3v) is 6.09. The number of benzene rings is 2. The molecule has 41 heavy (non-hydrogen) atoms. The van der Waals surface area contributed by atoms with Gasteiger partial charge >= 0.3 is 5.97 Å². The molecule has 4 rings (SSSR count). The summed E-state index contributed by atoms with van der Waals surface area (Å²) in [6.07, 6.45) is 10.6. The highest BCUT2D eigenvalue weighted by atomic mass is 32.2. The molecule has 2 aromatic rings. The number of allylic oxidation sites excluding steroid dienone is 6. The number of hydrogen-bond donors (Lipinski definition) is 1. The van der Waals surface area contributed by atoms with Gasteiger partial charge in [-0.15, -0.1) is 0 Å². The Kier molecular flexibility index (Phi) is 10.0. The van der Waals surface area contributed by atoms with Gasteiger partial charge in [-0.25, -0.2) is 4.79 Å². The highest BCUT2D eigenvalue weighted by Crippen LogP contribution is 2.34. The van der Waals surface area contributed by atoms with Gasteiger partial charge in [-0.05, 0) is 111 Å². The standard InChI is InChI=1S/C35H18N2O3S/c1-2-3-4-5-6-7-8-9-10-11-16-27-21-23-29(24-22-27)36-34(38)33-31(35(39)40-37-33)19-13-12-17-28-25-26-41-32-20-15-14-18-30(28)32/h12-26H,1H2,(H,36,38)/b13-12+,28-17+,31-19-. The Bertz CT molecular complexity index is 1960. The number of oxime groups is 1. The van der Waals surface area contributed by atoms with Gasteiger partial charge in [0.25, 0.3) is 5.91 Å². The average Bonchev–Trinajstić information content (AvgIpc) is 3.37. The molecule has 1 N–H and O–H groups in total. The molecule has 0 unspecified atom stereocenters. The summed E-state index contributed by atoms with van der Waals surface area (Å²) in [6.45, 7) is 3.34. The number of thioether (sulfide) groups is 1. The second-order valence-electron chi connectivity index (χ2n) is 7.86. The number of nitrogens with one attached hydrogen (secondary N) is 1. The molecule has 5 nitrogen and oxygen atoms in total. The van der Waals surface area contributed by atoms with E-state index in [9.17, 15) is 9.59 Å². The van der Waals surface area contributed by atoms with E-state index >= 15 is 0 Å². The Morgan fingerprint density at radius 1 is 0.902 bits per heavy atom. The molecule has 0 atom stereocenters. The van der Waals surface area contributed by atoms with Gasteiger partial charge in [0.15, 0.2) is 5.71 Å². The summed E-state index contributed by atoms with van der Waals surface area (Å²) < 4.78 is 0. The van der Waals surface area contributed by atoms with Crippen molar-refractivity contribution < 1.29 is 14.4 Å². The van der Waals surface area contributed by atoms with E-state index in [2.05, 4.69) is 86.5 Å². The predicted molar refractivity (Wildman–Crippen MR) is 160 cm³/mol. The van der Waals surface area contributed by atoms with Crippen LogP contribution >= 0.6 is 11.8 Å². The fraction of sp³-hybridized carbons (Fsp3) is 0. The summed E-state index contributed by atoms with van der Waals surface area (Å²) in [4.78, 5) is 30.9. The lowest BCUT2D eigenvalue weighted by molar-refractivity contribution is -0.136. The minimum Gasteiger partial charge on any atom is -0.321 e. The summed E-state index contributed by atoms with van der Waals surface area (Å²) in [6, 6.07) is 15.1. The quantitative estimate of drug-likeness (QED) is 0.251. The molecule has 0 bridgehead atoms. The molecule has 0 fully saturated rings. The zero-order valence-corrected chi connectivity index (χ0v) is 22.3. The fourth-order valence-corrected chi connectivity index (χ4v) is 4.20. The molecule has 2 heterocycles. The van der Waals surface area contributed by atoms with E-state index in [0.717, 1.165) is 16.7 Å². The number of hydrogen-bond acceptors (Lipinski definition) is 5. The van der Waals surface area contributed by atoms with Crippen molar-refractivity contribution >= 4 is 46.7 Å². The minimum absolute atomic E-state index is 0.0669. The summed E-state index contributed by atoms with van der Waals surface area (Å²) in [5.41, 5.74) is 29.1. The van der Waals surface area contributed by atoms with Gasteiger partial charge < -0.3 is 10.2 Å². The molecule has 0 saturated heterocycles. The van der Waals surface area contributed by atoms with Gasteiger partial charge in [0.1, 0.15) is 0 Å². The Morgan fingerprint density at radius 2 is 1.61 bits per heavy atom. The summed E-state index contributed by atoms with van der Waals surface area (Å²) >= 11 is 1.66. The highest BCUT2D eigenvalue weighted by molar-refractivity contribution is 8.02. The molecule has 0 aromatic heterocycles. The van der Waals surface area contributed by atoms with Crippen molar-refractivity contribution in [3.05, 3.63) is 165 Å². The smallest absolute Gasteiger partial charge is 0.321 e. The molecule has 2 aromatic carbocycles. The molecule has 0 spiro atoms. The molecule has 2 aliphatic heterocycles. The maximum atomic E-state index is 12.8. The van der Waals surface area contributed by atoms with E-state index < -0.39 is 11.9 Å². The Morgan fingerprint density at radius 3 is 2.39 bits per heavy atom. The van der Waals surface area contributed by atoms with E-state index in [0.29, 0.717) is 5.69 Å². The van der Waals surface area contributed by atoms with E-state index in [1.807, 2.05) is 29.7 Å². The number of carbonyl (C=O) groups is 2. The third kappa shape index (κ3) is 8.19. The maximum absolute atomic E-state index is 12.8. The molecule has 0 aliphatic carbocycles. The lowest BCUT2D eigenvalue weighted by atomic mass is 10.0. The van der Waals surface area contributed by atoms with Gasteiger partial charge in [-0.2, -0.15) is 0 Å². The van der Waals surface area contributed by atoms with Crippen molar-refractivity contribution in [3.8, 4) is 0 Å². The van der Waals surface area contributed by atoms with Crippen molar-refractivity contribution in [1.82, 2.24) is 0 Å². The van der Waals surface area contributed by atoms with Crippen LogP contribution in [0.2, 0.25) is 0 Å². The fourth-order valence-electron chi connectivity index (χ4n) is 3.37. The van der Waals surface area contributed by atoms with Crippen LogP contribution in [0.1, 0.15) is 11.1 Å². The van der Waals surface area contributed by atoms with Crippen LogP contribution in [0, 0.1) is 0 Å². The third-order valence-electron chi connectivity index (χ3n) is 5.21. The first-order valence-electron chi connectivity index (χ1n) is 12.0. The van der Waals surface area contributed by atoms with Crippen molar-refractivity contribution in [3.63, 3.8) is 0 Å². The molecular formula is C35H18N2O3S. The van der Waals surface area contributed by atoms with E-state index in [-0.39, 0.29) is 11.3 Å². The number of anilines is 1. The van der Waals surface area contributed by atoms with Crippen molar-refractivity contribution in [2.24, 2.45) is 5.16 Å². The van der Waals surface area contributed by atoms with Crippen LogP contribution in [0.15, 0.2) is 164 Å². The van der Waals surface area contributed by atoms with Crippen molar-refractivity contribution in [1.29, 1.82) is 0 Å². The first-order valence-corrected chi connectivity index (χ1v) is 12.9. The summed E-state index contributed by atoms with van der Waals surface area (Å²) in [5, 5.41) is 8.41. The van der Waals surface area contributed by atoms with Crippen LogP contribution in [0.5, 0.6) is 0 Å². The Hall–Kier alpha value is -6.10. The number of rotatable bonds is 5. The second-order valence-corrected chi connectivity index (χ2v) is 8.81. The molecule has 6 heteroatoms. The predicted octanol–water partition coefficient (Wildman–Crippen LogP) is 6.92. The van der Waals surface area contributed by atoms with Crippen molar-refractivity contribution in [2.75, 3.05) is 5.32 Å². The van der Waals surface area contributed by atoms with E-state index in [4.69, 9.17) is 4.84 Å². The molecule has 0 saturated carbocycles. The van der Waals surface area contributed by atoms with Crippen LogP contribution in [0.25, 0.3) is 11.6 Å². The van der Waals surface area contributed by atoms with Crippen LogP contribution in [0.3, 0.4) is 0 Å². The van der Waals surface area contributed by atoms with E-state index in [1.54, 1.807) is 54.3 Å². The van der Waals surface area contributed by atoms with Gasteiger partial charge in [0.05, 0.1) is 5.57 Å². The molecule has 192 valence electrons. The van der Waals surface area contributed by atoms with Crippen LogP contribution in [-0.2, 0) is 14.4 Å². The minimum atomic E-state index is -0.694. The number of fused-ring (bicyclic) bond motifs is 1. The second kappa shape index (κ2) is 14.7. The molecule has 1 amide bonds. The van der Waals surface area contributed by atoms with Crippen molar-refractivity contribution in [2.45, 2.75) is 4.90 Å². The molecule has 2 aliphatic rings. The number of nitrogens with zero attached hydrogens (tertiary/aromatic N) is 1. The lowest BCUT2D eigenvalue weighted by Crippen LogP contribution is -2.24. The zero-order valence-electron chi connectivity index (χ0n) is 21.4. The van der Waals surface area contributed by atoms with Gasteiger partial charge in [0.2, 0.25) is 0 Å². The molecule has 0 radical (unpaired) electrons. The topological polar surface area (TPSA) is 67.8 Å². The first kappa shape index (κ1) is 27.9. The van der Waals surface area contributed by atoms with Gasteiger partial charge in [-0.3, -0.25) is 4.79 Å².